The van der Waals surface area contributed by atoms with Gasteiger partial charge in [-0.3, -0.25) is 4.79 Å². The Morgan fingerprint density at radius 3 is 2.64 bits per heavy atom. The summed E-state index contributed by atoms with van der Waals surface area (Å²) in [5.41, 5.74) is -0.223. The molecule has 0 aromatic rings. The van der Waals surface area contributed by atoms with Crippen molar-refractivity contribution in [2.75, 3.05) is 13.7 Å². The molecule has 1 aliphatic rings. The average molecular weight is 201 g/mol. The minimum Gasteiger partial charge on any atom is -0.394 e. The third kappa shape index (κ3) is 2.69. The molecule has 1 fully saturated rings. The van der Waals surface area contributed by atoms with E-state index in [1.54, 1.807) is 14.0 Å². The zero-order valence-corrected chi connectivity index (χ0v) is 8.88. The van der Waals surface area contributed by atoms with Crippen LogP contribution in [0, 0.1) is 0 Å². The average Bonchev–Trinajstić information content (AvgIpc) is 2.11. The maximum Gasteiger partial charge on any atom is 0.223 e. The molecule has 0 unspecified atom stereocenters. The number of aliphatic hydroxyl groups is 1. The van der Waals surface area contributed by atoms with Gasteiger partial charge >= 0.3 is 0 Å². The number of hydrogen-bond acceptors (Lipinski definition) is 3. The molecule has 1 aliphatic carbocycles. The number of rotatable bonds is 5. The van der Waals surface area contributed by atoms with Crippen LogP contribution in [0.5, 0.6) is 0 Å². The molecule has 82 valence electrons. The number of methoxy groups -OCH3 is 1. The topological polar surface area (TPSA) is 58.6 Å². The van der Waals surface area contributed by atoms with Crippen LogP contribution in [-0.4, -0.2) is 36.4 Å². The second kappa shape index (κ2) is 4.75. The molecule has 1 atom stereocenters. The summed E-state index contributed by atoms with van der Waals surface area (Å²) in [6.07, 6.45) is 3.47. The minimum absolute atomic E-state index is 0.0221. The highest BCUT2D eigenvalue weighted by molar-refractivity contribution is 5.77. The highest BCUT2D eigenvalue weighted by Gasteiger charge is 2.39. The van der Waals surface area contributed by atoms with Gasteiger partial charge in [0.15, 0.2) is 0 Å². The summed E-state index contributed by atoms with van der Waals surface area (Å²) < 4.78 is 5.34. The van der Waals surface area contributed by atoms with E-state index < -0.39 is 0 Å². The maximum atomic E-state index is 11.5. The molecule has 4 nitrogen and oxygen atoms in total. The quantitative estimate of drug-likeness (QED) is 0.678. The van der Waals surface area contributed by atoms with Crippen molar-refractivity contribution in [2.24, 2.45) is 0 Å². The van der Waals surface area contributed by atoms with E-state index >= 15 is 0 Å². The van der Waals surface area contributed by atoms with E-state index in [0.29, 0.717) is 6.42 Å². The van der Waals surface area contributed by atoms with Gasteiger partial charge in [0.1, 0.15) is 0 Å². The largest absolute Gasteiger partial charge is 0.394 e. The van der Waals surface area contributed by atoms with Crippen molar-refractivity contribution in [3.8, 4) is 0 Å². The van der Waals surface area contributed by atoms with Gasteiger partial charge in [-0.25, -0.2) is 0 Å². The monoisotopic (exact) mass is 201 g/mol. The first-order chi connectivity index (χ1) is 6.62. The first-order valence-corrected chi connectivity index (χ1v) is 5.07. The predicted octanol–water partition coefficient (Wildman–Crippen LogP) is 0.443. The summed E-state index contributed by atoms with van der Waals surface area (Å²) in [4.78, 5) is 11.5. The van der Waals surface area contributed by atoms with Crippen molar-refractivity contribution < 1.29 is 14.6 Å². The van der Waals surface area contributed by atoms with Crippen molar-refractivity contribution in [1.82, 2.24) is 5.32 Å². The van der Waals surface area contributed by atoms with Gasteiger partial charge in [0.2, 0.25) is 5.91 Å². The maximum absolute atomic E-state index is 11.5. The molecule has 4 heteroatoms. The SMILES string of the molecule is COC1(CC(=O)N[C@H](C)CO)CCC1. The van der Waals surface area contributed by atoms with Gasteiger partial charge in [-0.2, -0.15) is 0 Å². The number of amides is 1. The molecular formula is C10H19NO3. The smallest absolute Gasteiger partial charge is 0.223 e. The molecule has 0 aromatic heterocycles. The van der Waals surface area contributed by atoms with Crippen LogP contribution in [0.15, 0.2) is 0 Å². The van der Waals surface area contributed by atoms with Gasteiger partial charge in [0.25, 0.3) is 0 Å². The molecule has 0 aromatic carbocycles. The Bertz CT molecular complexity index is 196. The minimum atomic E-state index is -0.223. The second-order valence-electron chi connectivity index (χ2n) is 4.07. The molecule has 0 aliphatic heterocycles. The van der Waals surface area contributed by atoms with E-state index in [9.17, 15) is 4.79 Å². The Labute approximate surface area is 84.6 Å². The molecule has 0 saturated heterocycles. The fraction of sp³-hybridized carbons (Fsp3) is 0.900. The van der Waals surface area contributed by atoms with Gasteiger partial charge in [-0.1, -0.05) is 0 Å². The molecule has 0 bridgehead atoms. The molecule has 0 heterocycles. The fourth-order valence-electron chi connectivity index (χ4n) is 1.69. The van der Waals surface area contributed by atoms with E-state index in [0.717, 1.165) is 19.3 Å². The van der Waals surface area contributed by atoms with Crippen molar-refractivity contribution >= 4 is 5.91 Å². The van der Waals surface area contributed by atoms with E-state index in [4.69, 9.17) is 9.84 Å². The highest BCUT2D eigenvalue weighted by atomic mass is 16.5. The Kier molecular flexibility index (Phi) is 3.89. The molecular weight excluding hydrogens is 182 g/mol. The fourth-order valence-corrected chi connectivity index (χ4v) is 1.69. The van der Waals surface area contributed by atoms with Crippen LogP contribution in [0.25, 0.3) is 0 Å². The molecule has 14 heavy (non-hydrogen) atoms. The highest BCUT2D eigenvalue weighted by Crippen LogP contribution is 2.37. The summed E-state index contributed by atoms with van der Waals surface area (Å²) in [6, 6.07) is -0.170. The Balaban J connectivity index is 2.32. The lowest BCUT2D eigenvalue weighted by atomic mass is 9.77. The lowest BCUT2D eigenvalue weighted by Gasteiger charge is -2.40. The number of carbonyl (C=O) groups is 1. The lowest BCUT2D eigenvalue weighted by Crippen LogP contribution is -2.46. The zero-order valence-electron chi connectivity index (χ0n) is 8.88. The van der Waals surface area contributed by atoms with Crippen molar-refractivity contribution in [3.63, 3.8) is 0 Å². The van der Waals surface area contributed by atoms with Crippen LogP contribution in [-0.2, 0) is 9.53 Å². The molecule has 1 rings (SSSR count). The van der Waals surface area contributed by atoms with Crippen LogP contribution in [0.2, 0.25) is 0 Å². The normalized spacial score (nSPS) is 21.1. The standard InChI is InChI=1S/C10H19NO3/c1-8(7-12)11-9(13)6-10(14-2)4-3-5-10/h8,12H,3-7H2,1-2H3,(H,11,13)/t8-/m1/s1. The second-order valence-corrected chi connectivity index (χ2v) is 4.07. The summed E-state index contributed by atoms with van der Waals surface area (Å²) in [6.45, 7) is 1.75. The molecule has 1 saturated carbocycles. The number of carbonyl (C=O) groups excluding carboxylic acids is 1. The summed E-state index contributed by atoms with van der Waals surface area (Å²) in [7, 11) is 1.65. The third-order valence-electron chi connectivity index (χ3n) is 2.86. The summed E-state index contributed by atoms with van der Waals surface area (Å²) in [5.74, 6) is -0.0342. The van der Waals surface area contributed by atoms with Crippen LogP contribution in [0.4, 0.5) is 0 Å². The number of nitrogens with one attached hydrogen (secondary N) is 1. The molecule has 2 N–H and O–H groups in total. The lowest BCUT2D eigenvalue weighted by molar-refractivity contribution is -0.135. The van der Waals surface area contributed by atoms with E-state index in [2.05, 4.69) is 5.32 Å². The first-order valence-electron chi connectivity index (χ1n) is 5.07. The first kappa shape index (κ1) is 11.5. The Morgan fingerprint density at radius 2 is 2.29 bits per heavy atom. The van der Waals surface area contributed by atoms with Gasteiger partial charge in [-0.05, 0) is 26.2 Å². The van der Waals surface area contributed by atoms with Crippen LogP contribution >= 0.6 is 0 Å². The van der Waals surface area contributed by atoms with Crippen LogP contribution in [0.3, 0.4) is 0 Å². The van der Waals surface area contributed by atoms with Gasteiger partial charge in [-0.15, -0.1) is 0 Å². The van der Waals surface area contributed by atoms with E-state index in [-0.39, 0.29) is 24.2 Å². The number of aliphatic hydroxyl groups excluding tert-OH is 1. The Morgan fingerprint density at radius 1 is 1.64 bits per heavy atom. The van der Waals surface area contributed by atoms with Gasteiger partial charge in [0, 0.05) is 13.2 Å². The van der Waals surface area contributed by atoms with Crippen LogP contribution in [0.1, 0.15) is 32.6 Å². The van der Waals surface area contributed by atoms with E-state index in [1.807, 2.05) is 0 Å². The predicted molar refractivity (Wildman–Crippen MR) is 52.9 cm³/mol. The summed E-state index contributed by atoms with van der Waals surface area (Å²) >= 11 is 0. The summed E-state index contributed by atoms with van der Waals surface area (Å²) in [5, 5.41) is 11.5. The van der Waals surface area contributed by atoms with E-state index in [1.165, 1.54) is 0 Å². The molecule has 0 spiro atoms. The zero-order chi connectivity index (χ0) is 10.6. The molecule has 1 amide bonds. The number of hydrogen-bond donors (Lipinski definition) is 2. The number of ether oxygens (including phenoxy) is 1. The van der Waals surface area contributed by atoms with Crippen LogP contribution < -0.4 is 5.32 Å². The Hall–Kier alpha value is -0.610. The van der Waals surface area contributed by atoms with Gasteiger partial charge < -0.3 is 15.2 Å². The van der Waals surface area contributed by atoms with Crippen molar-refractivity contribution in [1.29, 1.82) is 0 Å². The third-order valence-corrected chi connectivity index (χ3v) is 2.86. The van der Waals surface area contributed by atoms with Crippen molar-refractivity contribution in [3.05, 3.63) is 0 Å². The van der Waals surface area contributed by atoms with Crippen molar-refractivity contribution in [2.45, 2.75) is 44.2 Å². The van der Waals surface area contributed by atoms with Gasteiger partial charge in [0.05, 0.1) is 18.6 Å². The molecule has 0 radical (unpaired) electrons.